The average Bonchev–Trinajstić information content (AvgIpc) is 3.10. The van der Waals surface area contributed by atoms with Crippen molar-refractivity contribution in [1.29, 1.82) is 0 Å². The lowest BCUT2D eigenvalue weighted by Crippen LogP contribution is -2.37. The molecule has 4 nitrogen and oxygen atoms in total. The van der Waals surface area contributed by atoms with E-state index >= 15 is 0 Å². The third-order valence-electron chi connectivity index (χ3n) is 5.85. The molecule has 0 aliphatic heterocycles. The summed E-state index contributed by atoms with van der Waals surface area (Å²) < 4.78 is 0. The lowest BCUT2D eigenvalue weighted by atomic mass is 9.95. The van der Waals surface area contributed by atoms with Crippen LogP contribution in [0.5, 0.6) is 0 Å². The molecule has 136 valence electrons. The SMILES string of the molecule is O=C(NC1CCCCC1)c1nccnc1CCC1Cc2ccccc2C1. The number of rotatable bonds is 5. The number of fused-ring (bicyclic) bond motifs is 1. The Morgan fingerprint density at radius 1 is 1.00 bits per heavy atom. The van der Waals surface area contributed by atoms with Crippen molar-refractivity contribution in [3.63, 3.8) is 0 Å². The van der Waals surface area contributed by atoms with Crippen LogP contribution in [0.4, 0.5) is 0 Å². The fraction of sp³-hybridized carbons (Fsp3) is 0.500. The summed E-state index contributed by atoms with van der Waals surface area (Å²) in [5.74, 6) is 0.596. The number of carbonyl (C=O) groups is 1. The van der Waals surface area contributed by atoms with Crippen LogP contribution in [0.1, 0.15) is 65.8 Å². The van der Waals surface area contributed by atoms with Gasteiger partial charge in [-0.25, -0.2) is 4.98 Å². The van der Waals surface area contributed by atoms with Gasteiger partial charge in [0.2, 0.25) is 0 Å². The first-order valence-electron chi connectivity index (χ1n) is 9.97. The molecule has 1 N–H and O–H groups in total. The highest BCUT2D eigenvalue weighted by atomic mass is 16.2. The van der Waals surface area contributed by atoms with Crippen LogP contribution in [-0.4, -0.2) is 21.9 Å². The summed E-state index contributed by atoms with van der Waals surface area (Å²) in [6.07, 6.45) is 13.4. The van der Waals surface area contributed by atoms with E-state index in [0.29, 0.717) is 17.7 Å². The molecule has 2 aliphatic carbocycles. The van der Waals surface area contributed by atoms with Gasteiger partial charge in [0.05, 0.1) is 5.69 Å². The molecule has 0 saturated heterocycles. The van der Waals surface area contributed by atoms with Crippen LogP contribution in [0.15, 0.2) is 36.7 Å². The van der Waals surface area contributed by atoms with Crippen molar-refractivity contribution in [1.82, 2.24) is 15.3 Å². The maximum absolute atomic E-state index is 12.7. The van der Waals surface area contributed by atoms with E-state index in [1.54, 1.807) is 12.4 Å². The van der Waals surface area contributed by atoms with Gasteiger partial charge in [0.1, 0.15) is 5.69 Å². The predicted molar refractivity (Wildman–Crippen MR) is 102 cm³/mol. The molecular weight excluding hydrogens is 322 g/mol. The summed E-state index contributed by atoms with van der Waals surface area (Å²) in [6, 6.07) is 9.02. The zero-order chi connectivity index (χ0) is 17.8. The molecule has 1 saturated carbocycles. The van der Waals surface area contributed by atoms with E-state index in [1.807, 2.05) is 0 Å². The van der Waals surface area contributed by atoms with E-state index in [0.717, 1.165) is 44.2 Å². The number of nitrogens with zero attached hydrogens (tertiary/aromatic N) is 2. The summed E-state index contributed by atoms with van der Waals surface area (Å²) in [7, 11) is 0. The molecule has 2 aliphatic rings. The first kappa shape index (κ1) is 17.2. The Morgan fingerprint density at radius 2 is 1.69 bits per heavy atom. The molecule has 0 atom stereocenters. The van der Waals surface area contributed by atoms with Gasteiger partial charge in [-0.1, -0.05) is 43.5 Å². The number of nitrogens with one attached hydrogen (secondary N) is 1. The molecule has 0 bridgehead atoms. The van der Waals surface area contributed by atoms with Crippen LogP contribution >= 0.6 is 0 Å². The summed E-state index contributed by atoms with van der Waals surface area (Å²) >= 11 is 0. The average molecular weight is 349 g/mol. The molecule has 1 aromatic heterocycles. The van der Waals surface area contributed by atoms with Crippen LogP contribution in [-0.2, 0) is 19.3 Å². The number of amides is 1. The highest BCUT2D eigenvalue weighted by Gasteiger charge is 2.23. The number of hydrogen-bond donors (Lipinski definition) is 1. The third-order valence-corrected chi connectivity index (χ3v) is 5.85. The second-order valence-corrected chi connectivity index (χ2v) is 7.74. The molecule has 1 aromatic carbocycles. The van der Waals surface area contributed by atoms with Gasteiger partial charge < -0.3 is 5.32 Å². The van der Waals surface area contributed by atoms with Gasteiger partial charge in [0.25, 0.3) is 5.91 Å². The van der Waals surface area contributed by atoms with Crippen LogP contribution < -0.4 is 5.32 Å². The van der Waals surface area contributed by atoms with Crippen molar-refractivity contribution in [3.05, 3.63) is 59.2 Å². The molecule has 0 unspecified atom stereocenters. The van der Waals surface area contributed by atoms with Crippen LogP contribution in [0, 0.1) is 5.92 Å². The predicted octanol–water partition coefficient (Wildman–Crippen LogP) is 3.89. The van der Waals surface area contributed by atoms with Gasteiger partial charge in [0, 0.05) is 18.4 Å². The van der Waals surface area contributed by atoms with Crippen molar-refractivity contribution < 1.29 is 4.79 Å². The Hall–Kier alpha value is -2.23. The molecule has 1 heterocycles. The minimum Gasteiger partial charge on any atom is -0.348 e. The topological polar surface area (TPSA) is 54.9 Å². The zero-order valence-electron chi connectivity index (χ0n) is 15.3. The Kier molecular flexibility index (Phi) is 5.28. The van der Waals surface area contributed by atoms with Crippen molar-refractivity contribution in [3.8, 4) is 0 Å². The first-order chi connectivity index (χ1) is 12.8. The van der Waals surface area contributed by atoms with E-state index in [4.69, 9.17) is 0 Å². The maximum atomic E-state index is 12.7. The fourth-order valence-corrected chi connectivity index (χ4v) is 4.44. The van der Waals surface area contributed by atoms with E-state index < -0.39 is 0 Å². The highest BCUT2D eigenvalue weighted by molar-refractivity contribution is 5.93. The minimum atomic E-state index is -0.0466. The van der Waals surface area contributed by atoms with Crippen LogP contribution in [0.3, 0.4) is 0 Å². The van der Waals surface area contributed by atoms with Gasteiger partial charge in [-0.05, 0) is 55.6 Å². The number of aryl methyl sites for hydroxylation is 1. The Labute approximate surface area is 155 Å². The zero-order valence-corrected chi connectivity index (χ0v) is 15.3. The summed E-state index contributed by atoms with van der Waals surface area (Å²) in [4.78, 5) is 21.5. The second kappa shape index (κ2) is 7.98. The number of hydrogen-bond acceptors (Lipinski definition) is 3. The molecule has 2 aromatic rings. The lowest BCUT2D eigenvalue weighted by molar-refractivity contribution is 0.0921. The van der Waals surface area contributed by atoms with Crippen LogP contribution in [0.25, 0.3) is 0 Å². The number of carbonyl (C=O) groups excluding carboxylic acids is 1. The number of benzene rings is 1. The second-order valence-electron chi connectivity index (χ2n) is 7.74. The molecule has 1 amide bonds. The monoisotopic (exact) mass is 349 g/mol. The van der Waals surface area contributed by atoms with Gasteiger partial charge in [-0.15, -0.1) is 0 Å². The summed E-state index contributed by atoms with van der Waals surface area (Å²) in [5.41, 5.74) is 4.32. The smallest absolute Gasteiger partial charge is 0.271 e. The van der Waals surface area contributed by atoms with Gasteiger partial charge in [-0.3, -0.25) is 9.78 Å². The molecule has 0 spiro atoms. The highest BCUT2D eigenvalue weighted by Crippen LogP contribution is 2.29. The molecule has 4 rings (SSSR count). The van der Waals surface area contributed by atoms with E-state index in [9.17, 15) is 4.79 Å². The molecule has 0 radical (unpaired) electrons. The number of aromatic nitrogens is 2. The van der Waals surface area contributed by atoms with E-state index in [-0.39, 0.29) is 5.91 Å². The Morgan fingerprint density at radius 3 is 2.42 bits per heavy atom. The van der Waals surface area contributed by atoms with Crippen LogP contribution in [0.2, 0.25) is 0 Å². The lowest BCUT2D eigenvalue weighted by Gasteiger charge is -2.22. The summed E-state index contributed by atoms with van der Waals surface area (Å²) in [6.45, 7) is 0. The Balaban J connectivity index is 1.37. The first-order valence-corrected chi connectivity index (χ1v) is 9.97. The molecule has 4 heteroatoms. The largest absolute Gasteiger partial charge is 0.348 e. The fourth-order valence-electron chi connectivity index (χ4n) is 4.44. The van der Waals surface area contributed by atoms with Crippen molar-refractivity contribution >= 4 is 5.91 Å². The normalized spacial score (nSPS) is 17.8. The standard InChI is InChI=1S/C22H27N3O/c26-22(25-19-8-2-1-3-9-19)21-20(23-12-13-24-21)11-10-16-14-17-6-4-5-7-18(17)15-16/h4-7,12-13,16,19H,1-3,8-11,14-15H2,(H,25,26). The van der Waals surface area contributed by atoms with E-state index in [2.05, 4.69) is 39.6 Å². The third kappa shape index (κ3) is 3.95. The van der Waals surface area contributed by atoms with Crippen molar-refractivity contribution in [2.45, 2.75) is 63.8 Å². The van der Waals surface area contributed by atoms with Gasteiger partial charge in [-0.2, -0.15) is 0 Å². The molecule has 1 fully saturated rings. The van der Waals surface area contributed by atoms with E-state index in [1.165, 1.54) is 30.4 Å². The Bertz CT molecular complexity index is 742. The minimum absolute atomic E-state index is 0.0466. The van der Waals surface area contributed by atoms with Crippen molar-refractivity contribution in [2.24, 2.45) is 5.92 Å². The van der Waals surface area contributed by atoms with Gasteiger partial charge >= 0.3 is 0 Å². The van der Waals surface area contributed by atoms with Gasteiger partial charge in [0.15, 0.2) is 0 Å². The quantitative estimate of drug-likeness (QED) is 0.891. The summed E-state index contributed by atoms with van der Waals surface area (Å²) in [5, 5.41) is 3.18. The molecule has 26 heavy (non-hydrogen) atoms. The maximum Gasteiger partial charge on any atom is 0.271 e. The van der Waals surface area contributed by atoms with Crippen molar-refractivity contribution in [2.75, 3.05) is 0 Å². The molecular formula is C22H27N3O.